The normalized spacial score (nSPS) is 14.1. The molecule has 1 aromatic carbocycles. The largest absolute Gasteiger partial charge is 0.480 e. The molecule has 0 saturated carbocycles. The van der Waals surface area contributed by atoms with Crippen molar-refractivity contribution in [3.63, 3.8) is 0 Å². The Hall–Kier alpha value is -1.56. The van der Waals surface area contributed by atoms with E-state index in [1.54, 1.807) is 20.8 Å². The lowest BCUT2D eigenvalue weighted by Gasteiger charge is -2.28. The lowest BCUT2D eigenvalue weighted by molar-refractivity contribution is -0.141. The Morgan fingerprint density at radius 2 is 1.86 bits per heavy atom. The number of benzene rings is 1. The first-order valence-corrected chi connectivity index (χ1v) is 7.46. The first-order valence-electron chi connectivity index (χ1n) is 6.66. The van der Waals surface area contributed by atoms with Crippen molar-refractivity contribution in [2.24, 2.45) is 5.41 Å². The van der Waals surface area contributed by atoms with Gasteiger partial charge in [-0.2, -0.15) is 0 Å². The number of urea groups is 1. The van der Waals surface area contributed by atoms with Gasteiger partial charge in [-0.15, -0.1) is 0 Å². The smallest absolute Gasteiger partial charge is 0.326 e. The highest BCUT2D eigenvalue weighted by atomic mass is 79.9. The standard InChI is InChI=1S/C15H21BrN2O3/c1-9(10-6-5-7-11(16)8-10)17-14(21)18-12(13(19)20)15(2,3)4/h5-9,12H,1-4H3,(H,19,20)(H2,17,18,21). The van der Waals surface area contributed by atoms with E-state index in [-0.39, 0.29) is 6.04 Å². The van der Waals surface area contributed by atoms with Gasteiger partial charge in [0.15, 0.2) is 0 Å². The fourth-order valence-electron chi connectivity index (χ4n) is 1.88. The van der Waals surface area contributed by atoms with Crippen LogP contribution in [-0.2, 0) is 4.79 Å². The van der Waals surface area contributed by atoms with Crippen LogP contribution in [-0.4, -0.2) is 23.1 Å². The summed E-state index contributed by atoms with van der Waals surface area (Å²) in [6.07, 6.45) is 0. The Balaban J connectivity index is 2.70. The van der Waals surface area contributed by atoms with Crippen molar-refractivity contribution in [1.82, 2.24) is 10.6 Å². The number of nitrogens with one attached hydrogen (secondary N) is 2. The van der Waals surface area contributed by atoms with Gasteiger partial charge in [-0.3, -0.25) is 0 Å². The third-order valence-corrected chi connectivity index (χ3v) is 3.58. The molecule has 1 aromatic rings. The summed E-state index contributed by atoms with van der Waals surface area (Å²) in [4.78, 5) is 23.2. The Morgan fingerprint density at radius 1 is 1.24 bits per heavy atom. The number of carboxylic acid groups (broad SMARTS) is 1. The minimum Gasteiger partial charge on any atom is -0.480 e. The first-order chi connectivity index (χ1) is 9.61. The molecule has 2 amide bonds. The molecule has 21 heavy (non-hydrogen) atoms. The second-order valence-electron chi connectivity index (χ2n) is 6.03. The third-order valence-electron chi connectivity index (χ3n) is 3.08. The number of carbonyl (C=O) groups is 2. The Bertz CT molecular complexity index is 526. The van der Waals surface area contributed by atoms with Gasteiger partial charge >= 0.3 is 12.0 Å². The monoisotopic (exact) mass is 356 g/mol. The van der Waals surface area contributed by atoms with Gasteiger partial charge < -0.3 is 15.7 Å². The second-order valence-corrected chi connectivity index (χ2v) is 6.95. The molecule has 2 unspecified atom stereocenters. The van der Waals surface area contributed by atoms with Crippen LogP contribution in [0.3, 0.4) is 0 Å². The van der Waals surface area contributed by atoms with E-state index in [1.807, 2.05) is 31.2 Å². The van der Waals surface area contributed by atoms with E-state index >= 15 is 0 Å². The lowest BCUT2D eigenvalue weighted by atomic mass is 9.87. The van der Waals surface area contributed by atoms with Crippen LogP contribution in [0.5, 0.6) is 0 Å². The van der Waals surface area contributed by atoms with E-state index in [0.29, 0.717) is 0 Å². The second kappa shape index (κ2) is 6.93. The number of carboxylic acids is 1. The van der Waals surface area contributed by atoms with E-state index < -0.39 is 23.5 Å². The highest BCUT2D eigenvalue weighted by Gasteiger charge is 2.32. The van der Waals surface area contributed by atoms with E-state index in [9.17, 15) is 14.7 Å². The van der Waals surface area contributed by atoms with Crippen molar-refractivity contribution in [3.05, 3.63) is 34.3 Å². The summed E-state index contributed by atoms with van der Waals surface area (Å²) in [5, 5.41) is 14.5. The van der Waals surface area contributed by atoms with Crippen LogP contribution in [0, 0.1) is 5.41 Å². The minimum absolute atomic E-state index is 0.225. The van der Waals surface area contributed by atoms with E-state index in [2.05, 4.69) is 26.6 Å². The quantitative estimate of drug-likeness (QED) is 0.774. The molecule has 0 heterocycles. The zero-order chi connectivity index (χ0) is 16.2. The Morgan fingerprint density at radius 3 is 2.33 bits per heavy atom. The number of hydrogen-bond acceptors (Lipinski definition) is 2. The third kappa shape index (κ3) is 5.38. The Labute approximate surface area is 133 Å². The Kier molecular flexibility index (Phi) is 5.78. The molecule has 0 aromatic heterocycles. The van der Waals surface area contributed by atoms with Crippen molar-refractivity contribution >= 4 is 27.9 Å². The molecule has 6 heteroatoms. The fraction of sp³-hybridized carbons (Fsp3) is 0.467. The van der Waals surface area contributed by atoms with Crippen LogP contribution in [0.15, 0.2) is 28.7 Å². The van der Waals surface area contributed by atoms with Gasteiger partial charge in [-0.1, -0.05) is 48.8 Å². The van der Waals surface area contributed by atoms with E-state index in [0.717, 1.165) is 10.0 Å². The SMILES string of the molecule is CC(NC(=O)NC(C(=O)O)C(C)(C)C)c1cccc(Br)c1. The van der Waals surface area contributed by atoms with Crippen molar-refractivity contribution in [1.29, 1.82) is 0 Å². The number of carbonyl (C=O) groups excluding carboxylic acids is 1. The molecule has 3 N–H and O–H groups in total. The highest BCUT2D eigenvalue weighted by Crippen LogP contribution is 2.20. The topological polar surface area (TPSA) is 78.4 Å². The van der Waals surface area contributed by atoms with Gasteiger partial charge in [-0.05, 0) is 30.0 Å². The average Bonchev–Trinajstić information content (AvgIpc) is 2.34. The number of halogens is 1. The molecule has 0 bridgehead atoms. The van der Waals surface area contributed by atoms with Crippen LogP contribution in [0.1, 0.15) is 39.3 Å². The maximum absolute atomic E-state index is 12.0. The molecule has 5 nitrogen and oxygen atoms in total. The number of hydrogen-bond donors (Lipinski definition) is 3. The van der Waals surface area contributed by atoms with Crippen LogP contribution in [0.2, 0.25) is 0 Å². The summed E-state index contributed by atoms with van der Waals surface area (Å²) >= 11 is 3.38. The van der Waals surface area contributed by atoms with Gasteiger partial charge in [0.05, 0.1) is 6.04 Å². The molecule has 116 valence electrons. The van der Waals surface area contributed by atoms with E-state index in [1.165, 1.54) is 0 Å². The number of aliphatic carboxylic acids is 1. The molecule has 0 fully saturated rings. The molecule has 0 saturated heterocycles. The summed E-state index contributed by atoms with van der Waals surface area (Å²) in [7, 11) is 0. The van der Waals surface area contributed by atoms with Crippen LogP contribution >= 0.6 is 15.9 Å². The number of amides is 2. The molecule has 0 aliphatic heterocycles. The highest BCUT2D eigenvalue weighted by molar-refractivity contribution is 9.10. The van der Waals surface area contributed by atoms with Crippen molar-refractivity contribution in [2.45, 2.75) is 39.8 Å². The first kappa shape index (κ1) is 17.5. The van der Waals surface area contributed by atoms with Crippen LogP contribution in [0.25, 0.3) is 0 Å². The summed E-state index contributed by atoms with van der Waals surface area (Å²) in [6.45, 7) is 7.14. The molecular weight excluding hydrogens is 336 g/mol. The van der Waals surface area contributed by atoms with Gasteiger partial charge in [-0.25, -0.2) is 9.59 Å². The van der Waals surface area contributed by atoms with Gasteiger partial charge in [0.1, 0.15) is 6.04 Å². The van der Waals surface area contributed by atoms with Gasteiger partial charge in [0, 0.05) is 4.47 Å². The molecule has 0 aliphatic carbocycles. The summed E-state index contributed by atoms with van der Waals surface area (Å²) in [5.74, 6) is -1.05. The average molecular weight is 357 g/mol. The zero-order valence-electron chi connectivity index (χ0n) is 12.6. The number of rotatable bonds is 4. The molecule has 1 rings (SSSR count). The predicted molar refractivity (Wildman–Crippen MR) is 85.1 cm³/mol. The van der Waals surface area contributed by atoms with E-state index in [4.69, 9.17) is 0 Å². The minimum atomic E-state index is -1.05. The van der Waals surface area contributed by atoms with Crippen molar-refractivity contribution in [2.75, 3.05) is 0 Å². The van der Waals surface area contributed by atoms with Crippen LogP contribution in [0.4, 0.5) is 4.79 Å². The molecule has 0 aliphatic rings. The summed E-state index contributed by atoms with van der Waals surface area (Å²) in [6, 6.07) is 5.91. The molecule has 0 spiro atoms. The van der Waals surface area contributed by atoms with Crippen LogP contribution < -0.4 is 10.6 Å². The van der Waals surface area contributed by atoms with Gasteiger partial charge in [0.25, 0.3) is 0 Å². The lowest BCUT2D eigenvalue weighted by Crippen LogP contribution is -2.52. The molecule has 2 atom stereocenters. The zero-order valence-corrected chi connectivity index (χ0v) is 14.2. The van der Waals surface area contributed by atoms with Gasteiger partial charge in [0.2, 0.25) is 0 Å². The van der Waals surface area contributed by atoms with Crippen molar-refractivity contribution in [3.8, 4) is 0 Å². The van der Waals surface area contributed by atoms with Crippen molar-refractivity contribution < 1.29 is 14.7 Å². The maximum atomic E-state index is 12.0. The maximum Gasteiger partial charge on any atom is 0.326 e. The predicted octanol–water partition coefficient (Wildman–Crippen LogP) is 3.31. The molecule has 0 radical (unpaired) electrons. The summed E-state index contributed by atoms with van der Waals surface area (Å²) in [5.41, 5.74) is 0.365. The molecular formula is C15H21BrN2O3. The summed E-state index contributed by atoms with van der Waals surface area (Å²) < 4.78 is 0.923. The fourth-order valence-corrected chi connectivity index (χ4v) is 2.29.